The molecule has 2 unspecified atom stereocenters. The van der Waals surface area contributed by atoms with Gasteiger partial charge in [-0.05, 0) is 26.8 Å². The van der Waals surface area contributed by atoms with Crippen LogP contribution in [-0.2, 0) is 16.0 Å². The minimum absolute atomic E-state index is 0.0261. The smallest absolute Gasteiger partial charge is 0.182 e. The van der Waals surface area contributed by atoms with E-state index >= 15 is 0 Å². The van der Waals surface area contributed by atoms with E-state index in [9.17, 15) is 4.79 Å². The van der Waals surface area contributed by atoms with Gasteiger partial charge in [-0.2, -0.15) is 0 Å². The van der Waals surface area contributed by atoms with Crippen molar-refractivity contribution in [2.24, 2.45) is 0 Å². The first-order valence-corrected chi connectivity index (χ1v) is 6.98. The average Bonchev–Trinajstić information content (AvgIpc) is 2.67. The largest absolute Gasteiger partial charge is 0.376 e. The molecule has 0 N–H and O–H groups in total. The first-order chi connectivity index (χ1) is 9.00. The van der Waals surface area contributed by atoms with Gasteiger partial charge in [0, 0.05) is 17.0 Å². The zero-order valence-corrected chi connectivity index (χ0v) is 12.4. The van der Waals surface area contributed by atoms with E-state index in [1.165, 1.54) is 0 Å². The highest BCUT2D eigenvalue weighted by Crippen LogP contribution is 2.20. The number of ketones is 1. The minimum Gasteiger partial charge on any atom is -0.376 e. The number of aryl methyl sites for hydroxylation is 1. The summed E-state index contributed by atoms with van der Waals surface area (Å²) < 4.78 is 13.2. The maximum atomic E-state index is 12.0. The van der Waals surface area contributed by atoms with Crippen molar-refractivity contribution >= 4 is 17.4 Å². The van der Waals surface area contributed by atoms with E-state index in [-0.39, 0.29) is 11.9 Å². The van der Waals surface area contributed by atoms with E-state index in [0.29, 0.717) is 31.9 Å². The molecule has 0 saturated carbocycles. The summed E-state index contributed by atoms with van der Waals surface area (Å²) in [6.45, 7) is 8.25. The fourth-order valence-electron chi connectivity index (χ4n) is 2.39. The van der Waals surface area contributed by atoms with Crippen molar-refractivity contribution in [3.63, 3.8) is 0 Å². The number of hydrogen-bond acceptors (Lipinski definition) is 3. The van der Waals surface area contributed by atoms with Crippen molar-refractivity contribution in [2.75, 3.05) is 19.8 Å². The van der Waals surface area contributed by atoms with Crippen molar-refractivity contribution in [1.29, 1.82) is 0 Å². The van der Waals surface area contributed by atoms with Gasteiger partial charge in [-0.25, -0.2) is 0 Å². The Hall–Kier alpha value is -0.840. The van der Waals surface area contributed by atoms with Crippen LogP contribution in [0, 0.1) is 13.8 Å². The predicted octanol–water partition coefficient (Wildman–Crippen LogP) is 2.33. The summed E-state index contributed by atoms with van der Waals surface area (Å²) in [7, 11) is 0. The Morgan fingerprint density at radius 1 is 1.53 bits per heavy atom. The van der Waals surface area contributed by atoms with Gasteiger partial charge in [0.25, 0.3) is 0 Å². The van der Waals surface area contributed by atoms with Gasteiger partial charge in [0.05, 0.1) is 37.8 Å². The number of carbonyl (C=O) groups is 1. The van der Waals surface area contributed by atoms with Crippen LogP contribution >= 0.6 is 11.6 Å². The van der Waals surface area contributed by atoms with Crippen LogP contribution in [0.3, 0.4) is 0 Å². The van der Waals surface area contributed by atoms with E-state index in [2.05, 4.69) is 4.57 Å². The van der Waals surface area contributed by atoms with Gasteiger partial charge < -0.3 is 14.0 Å². The Morgan fingerprint density at radius 3 is 2.84 bits per heavy atom. The summed E-state index contributed by atoms with van der Waals surface area (Å²) in [4.78, 5) is 12.0. The molecule has 1 aliphatic rings. The molecule has 106 valence electrons. The topological polar surface area (TPSA) is 40.5 Å². The number of hydrogen-bond donors (Lipinski definition) is 0. The Balaban J connectivity index is 2.19. The van der Waals surface area contributed by atoms with Crippen LogP contribution in [0.2, 0.25) is 0 Å². The molecular weight excluding hydrogens is 266 g/mol. The van der Waals surface area contributed by atoms with Crippen LogP contribution in [0.25, 0.3) is 0 Å². The second kappa shape index (κ2) is 6.07. The maximum absolute atomic E-state index is 12.0. The molecule has 0 radical (unpaired) electrons. The van der Waals surface area contributed by atoms with Crippen LogP contribution in [0.5, 0.6) is 0 Å². The third kappa shape index (κ3) is 3.19. The molecule has 19 heavy (non-hydrogen) atoms. The van der Waals surface area contributed by atoms with Gasteiger partial charge in [-0.3, -0.25) is 4.79 Å². The molecule has 2 heterocycles. The van der Waals surface area contributed by atoms with Crippen LogP contribution in [0.15, 0.2) is 6.07 Å². The normalized spacial score (nSPS) is 21.4. The lowest BCUT2D eigenvalue weighted by molar-refractivity contribution is -0.0938. The number of halogens is 1. The molecule has 2 rings (SSSR count). The highest BCUT2D eigenvalue weighted by Gasteiger charge is 2.22. The van der Waals surface area contributed by atoms with Crippen molar-refractivity contribution in [3.8, 4) is 0 Å². The number of carbonyl (C=O) groups excluding carboxylic acids is 1. The van der Waals surface area contributed by atoms with Crippen LogP contribution in [0.4, 0.5) is 0 Å². The molecule has 1 aromatic heterocycles. The first-order valence-electron chi connectivity index (χ1n) is 6.55. The van der Waals surface area contributed by atoms with Crippen LogP contribution in [0.1, 0.15) is 28.7 Å². The average molecular weight is 286 g/mol. The monoisotopic (exact) mass is 285 g/mol. The van der Waals surface area contributed by atoms with Crippen molar-refractivity contribution < 1.29 is 14.3 Å². The number of ether oxygens (including phenoxy) is 2. The van der Waals surface area contributed by atoms with Gasteiger partial charge in [-0.15, -0.1) is 11.6 Å². The summed E-state index contributed by atoms with van der Waals surface area (Å²) in [5, 5.41) is -0.497. The van der Waals surface area contributed by atoms with Gasteiger partial charge in [0.1, 0.15) is 0 Å². The summed E-state index contributed by atoms with van der Waals surface area (Å²) in [6, 6.07) is 1.90. The molecule has 1 aliphatic heterocycles. The quantitative estimate of drug-likeness (QED) is 0.630. The number of aromatic nitrogens is 1. The molecule has 1 fully saturated rings. The lowest BCUT2D eigenvalue weighted by Gasteiger charge is -2.24. The fraction of sp³-hybridized carbons (Fsp3) is 0.643. The summed E-state index contributed by atoms with van der Waals surface area (Å²) in [5.41, 5.74) is 2.70. The Morgan fingerprint density at radius 2 is 2.26 bits per heavy atom. The lowest BCUT2D eigenvalue weighted by atomic mass is 10.1. The van der Waals surface area contributed by atoms with Crippen molar-refractivity contribution in [2.45, 2.75) is 38.8 Å². The molecular formula is C14H20ClNO3. The number of nitrogens with zero attached hydrogens (tertiary/aromatic N) is 1. The second-order valence-corrected chi connectivity index (χ2v) is 5.60. The van der Waals surface area contributed by atoms with Crippen LogP contribution < -0.4 is 0 Å². The van der Waals surface area contributed by atoms with E-state index in [0.717, 1.165) is 11.4 Å². The van der Waals surface area contributed by atoms with E-state index in [4.69, 9.17) is 21.1 Å². The van der Waals surface area contributed by atoms with E-state index in [1.54, 1.807) is 6.92 Å². The molecule has 0 spiro atoms. The molecule has 0 amide bonds. The molecule has 0 bridgehead atoms. The Labute approximate surface area is 118 Å². The highest BCUT2D eigenvalue weighted by atomic mass is 35.5. The SMILES string of the molecule is Cc1cc(C(=O)C(C)Cl)c(C)n1CC1COCCO1. The lowest BCUT2D eigenvalue weighted by Crippen LogP contribution is -2.32. The van der Waals surface area contributed by atoms with E-state index < -0.39 is 5.38 Å². The van der Waals surface area contributed by atoms with Gasteiger partial charge in [0.15, 0.2) is 5.78 Å². The maximum Gasteiger partial charge on any atom is 0.182 e. The molecule has 0 aliphatic carbocycles. The zero-order valence-electron chi connectivity index (χ0n) is 11.6. The Bertz CT molecular complexity index is 462. The molecule has 4 nitrogen and oxygen atoms in total. The van der Waals surface area contributed by atoms with E-state index in [1.807, 2.05) is 19.9 Å². The molecule has 1 aromatic rings. The standard InChI is InChI=1S/C14H20ClNO3/c1-9-6-13(14(17)10(2)15)11(3)16(9)7-12-8-18-4-5-19-12/h6,10,12H,4-5,7-8H2,1-3H3. The van der Waals surface area contributed by atoms with Crippen molar-refractivity contribution in [3.05, 3.63) is 23.0 Å². The molecule has 2 atom stereocenters. The van der Waals surface area contributed by atoms with Gasteiger partial charge in [-0.1, -0.05) is 0 Å². The second-order valence-electron chi connectivity index (χ2n) is 4.94. The molecule has 1 saturated heterocycles. The highest BCUT2D eigenvalue weighted by molar-refractivity contribution is 6.33. The van der Waals surface area contributed by atoms with Crippen molar-refractivity contribution in [1.82, 2.24) is 4.57 Å². The third-order valence-electron chi connectivity index (χ3n) is 3.47. The van der Waals surface area contributed by atoms with Gasteiger partial charge >= 0.3 is 0 Å². The minimum atomic E-state index is -0.497. The molecule has 0 aromatic carbocycles. The number of rotatable bonds is 4. The first kappa shape index (κ1) is 14.6. The molecule has 5 heteroatoms. The number of Topliss-reactive ketones (excluding diaryl/α,β-unsaturated/α-hetero) is 1. The summed E-state index contributed by atoms with van der Waals surface area (Å²) >= 11 is 5.88. The van der Waals surface area contributed by atoms with Crippen LogP contribution in [-0.4, -0.2) is 41.7 Å². The van der Waals surface area contributed by atoms with Gasteiger partial charge in [0.2, 0.25) is 0 Å². The predicted molar refractivity (Wildman–Crippen MR) is 74.1 cm³/mol. The third-order valence-corrected chi connectivity index (χ3v) is 3.67. The fourth-order valence-corrected chi connectivity index (χ4v) is 2.51. The summed E-state index contributed by atoms with van der Waals surface area (Å²) in [5.74, 6) is -0.0261. The Kier molecular flexibility index (Phi) is 4.66. The zero-order chi connectivity index (χ0) is 14.0. The number of alkyl halides is 1. The summed E-state index contributed by atoms with van der Waals surface area (Å²) in [6.07, 6.45) is 0.0509.